The van der Waals surface area contributed by atoms with E-state index in [1.807, 2.05) is 30.3 Å². The highest BCUT2D eigenvalue weighted by atomic mass is 16.5. The van der Waals surface area contributed by atoms with Crippen LogP contribution in [0.5, 0.6) is 5.75 Å². The molecule has 2 aliphatic rings. The molecule has 0 spiro atoms. The van der Waals surface area contributed by atoms with E-state index in [0.29, 0.717) is 38.2 Å². The van der Waals surface area contributed by atoms with Gasteiger partial charge in [0, 0.05) is 32.2 Å². The van der Waals surface area contributed by atoms with Crippen LogP contribution in [0.15, 0.2) is 30.3 Å². The number of para-hydroxylation sites is 1. The molecule has 2 heterocycles. The van der Waals surface area contributed by atoms with Gasteiger partial charge in [0.1, 0.15) is 5.75 Å². The van der Waals surface area contributed by atoms with Gasteiger partial charge in [-0.25, -0.2) is 0 Å². The summed E-state index contributed by atoms with van der Waals surface area (Å²) in [6.07, 6.45) is 3.67. The second-order valence-corrected chi connectivity index (χ2v) is 6.64. The van der Waals surface area contributed by atoms with Crippen molar-refractivity contribution in [3.63, 3.8) is 0 Å². The lowest BCUT2D eigenvalue weighted by atomic mass is 9.96. The first-order valence-electron chi connectivity index (χ1n) is 9.07. The van der Waals surface area contributed by atoms with Crippen molar-refractivity contribution in [3.8, 4) is 5.75 Å². The zero-order chi connectivity index (χ0) is 17.5. The molecule has 25 heavy (non-hydrogen) atoms. The van der Waals surface area contributed by atoms with Crippen molar-refractivity contribution in [2.24, 2.45) is 5.92 Å². The van der Waals surface area contributed by atoms with Gasteiger partial charge in [-0.2, -0.15) is 0 Å². The molecule has 1 aromatic carbocycles. The third-order valence-corrected chi connectivity index (χ3v) is 4.85. The van der Waals surface area contributed by atoms with E-state index in [2.05, 4.69) is 5.32 Å². The molecule has 1 N–H and O–H groups in total. The van der Waals surface area contributed by atoms with Gasteiger partial charge in [-0.05, 0) is 37.8 Å². The molecule has 6 heteroatoms. The van der Waals surface area contributed by atoms with Crippen LogP contribution >= 0.6 is 0 Å². The number of amides is 2. The van der Waals surface area contributed by atoms with Gasteiger partial charge in [-0.1, -0.05) is 18.2 Å². The van der Waals surface area contributed by atoms with Crippen LogP contribution in [0.1, 0.15) is 25.7 Å². The number of ether oxygens (including phenoxy) is 2. The van der Waals surface area contributed by atoms with Crippen molar-refractivity contribution in [1.82, 2.24) is 10.2 Å². The maximum Gasteiger partial charge on any atom is 0.260 e. The van der Waals surface area contributed by atoms with Crippen LogP contribution < -0.4 is 10.1 Å². The highest BCUT2D eigenvalue weighted by Gasteiger charge is 2.28. The molecule has 136 valence electrons. The minimum Gasteiger partial charge on any atom is -0.484 e. The van der Waals surface area contributed by atoms with Gasteiger partial charge in [0.05, 0.1) is 6.10 Å². The molecule has 0 aliphatic carbocycles. The number of benzene rings is 1. The normalized spacial score (nSPS) is 21.1. The Kier molecular flexibility index (Phi) is 6.28. The Morgan fingerprint density at radius 1 is 1.16 bits per heavy atom. The van der Waals surface area contributed by atoms with Crippen LogP contribution in [0.25, 0.3) is 0 Å². The van der Waals surface area contributed by atoms with Gasteiger partial charge in [-0.15, -0.1) is 0 Å². The van der Waals surface area contributed by atoms with E-state index in [1.54, 1.807) is 4.90 Å². The van der Waals surface area contributed by atoms with Crippen LogP contribution in [0, 0.1) is 5.92 Å². The number of nitrogens with zero attached hydrogens (tertiary/aromatic N) is 1. The van der Waals surface area contributed by atoms with Crippen LogP contribution in [0.2, 0.25) is 0 Å². The third-order valence-electron chi connectivity index (χ3n) is 4.85. The van der Waals surface area contributed by atoms with Crippen molar-refractivity contribution < 1.29 is 19.1 Å². The molecule has 6 nitrogen and oxygen atoms in total. The number of carbonyl (C=O) groups is 2. The Balaban J connectivity index is 1.35. The van der Waals surface area contributed by atoms with E-state index >= 15 is 0 Å². The Hall–Kier alpha value is -2.08. The van der Waals surface area contributed by atoms with Crippen molar-refractivity contribution >= 4 is 11.8 Å². The van der Waals surface area contributed by atoms with Gasteiger partial charge in [0.25, 0.3) is 5.91 Å². The maximum atomic E-state index is 12.2. The van der Waals surface area contributed by atoms with Gasteiger partial charge in [0.2, 0.25) is 5.91 Å². The molecule has 2 saturated heterocycles. The average molecular weight is 346 g/mol. The zero-order valence-corrected chi connectivity index (χ0v) is 14.5. The first-order valence-corrected chi connectivity index (χ1v) is 9.07. The molecule has 1 aromatic rings. The smallest absolute Gasteiger partial charge is 0.260 e. The summed E-state index contributed by atoms with van der Waals surface area (Å²) in [5, 5.41) is 2.99. The Morgan fingerprint density at radius 3 is 2.60 bits per heavy atom. The summed E-state index contributed by atoms with van der Waals surface area (Å²) in [5.74, 6) is 0.741. The second kappa shape index (κ2) is 8.85. The zero-order valence-electron chi connectivity index (χ0n) is 14.5. The molecule has 1 unspecified atom stereocenters. The molecule has 2 amide bonds. The fraction of sp³-hybridized carbons (Fsp3) is 0.579. The van der Waals surface area contributed by atoms with Crippen molar-refractivity contribution in [1.29, 1.82) is 0 Å². The molecule has 2 aliphatic heterocycles. The lowest BCUT2D eigenvalue weighted by Gasteiger charge is -2.31. The summed E-state index contributed by atoms with van der Waals surface area (Å²) >= 11 is 0. The van der Waals surface area contributed by atoms with Crippen LogP contribution in [0.3, 0.4) is 0 Å². The fourth-order valence-corrected chi connectivity index (χ4v) is 3.31. The van der Waals surface area contributed by atoms with Gasteiger partial charge >= 0.3 is 0 Å². The highest BCUT2D eigenvalue weighted by Crippen LogP contribution is 2.18. The predicted octanol–water partition coefficient (Wildman–Crippen LogP) is 1.60. The first-order chi connectivity index (χ1) is 12.2. The molecule has 0 saturated carbocycles. The summed E-state index contributed by atoms with van der Waals surface area (Å²) in [7, 11) is 0. The number of hydrogen-bond donors (Lipinski definition) is 1. The second-order valence-electron chi connectivity index (χ2n) is 6.64. The SMILES string of the molecule is O=C(NCC1CCCO1)C1CCN(C(=O)COc2ccccc2)CC1. The summed E-state index contributed by atoms with van der Waals surface area (Å²) in [5.41, 5.74) is 0. The van der Waals surface area contributed by atoms with E-state index in [9.17, 15) is 9.59 Å². The van der Waals surface area contributed by atoms with E-state index in [0.717, 1.165) is 19.4 Å². The first kappa shape index (κ1) is 17.7. The topological polar surface area (TPSA) is 67.9 Å². The summed E-state index contributed by atoms with van der Waals surface area (Å²) in [6, 6.07) is 9.32. The van der Waals surface area contributed by atoms with Crippen molar-refractivity contribution in [2.75, 3.05) is 32.8 Å². The Labute approximate surface area is 148 Å². The number of nitrogens with one attached hydrogen (secondary N) is 1. The monoisotopic (exact) mass is 346 g/mol. The molecular formula is C19H26N2O4. The maximum absolute atomic E-state index is 12.2. The molecular weight excluding hydrogens is 320 g/mol. The number of piperidine rings is 1. The molecule has 0 radical (unpaired) electrons. The Bertz CT molecular complexity index is 564. The molecule has 2 fully saturated rings. The van der Waals surface area contributed by atoms with Crippen LogP contribution in [-0.2, 0) is 14.3 Å². The van der Waals surface area contributed by atoms with E-state index in [-0.39, 0.29) is 30.4 Å². The fourth-order valence-electron chi connectivity index (χ4n) is 3.31. The molecule has 1 atom stereocenters. The quantitative estimate of drug-likeness (QED) is 0.850. The number of carbonyl (C=O) groups excluding carboxylic acids is 2. The van der Waals surface area contributed by atoms with E-state index in [1.165, 1.54) is 0 Å². The van der Waals surface area contributed by atoms with Crippen molar-refractivity contribution in [3.05, 3.63) is 30.3 Å². The molecule has 0 bridgehead atoms. The number of likely N-dealkylation sites (tertiary alicyclic amines) is 1. The minimum atomic E-state index is -0.0259. The molecule has 0 aromatic heterocycles. The largest absolute Gasteiger partial charge is 0.484 e. The number of hydrogen-bond acceptors (Lipinski definition) is 4. The number of rotatable bonds is 6. The van der Waals surface area contributed by atoms with Crippen LogP contribution in [-0.4, -0.2) is 55.7 Å². The standard InChI is InChI=1S/C19H26N2O4/c22-18(14-25-16-5-2-1-3-6-16)21-10-8-15(9-11-21)19(23)20-13-17-7-4-12-24-17/h1-3,5-6,15,17H,4,7-14H2,(H,20,23). The van der Waals surface area contributed by atoms with Crippen LogP contribution in [0.4, 0.5) is 0 Å². The summed E-state index contributed by atoms with van der Waals surface area (Å²) in [6.45, 7) is 2.65. The third kappa shape index (κ3) is 5.19. The van der Waals surface area contributed by atoms with E-state index in [4.69, 9.17) is 9.47 Å². The Morgan fingerprint density at radius 2 is 1.92 bits per heavy atom. The average Bonchev–Trinajstić information content (AvgIpc) is 3.19. The minimum absolute atomic E-state index is 0.0134. The lowest BCUT2D eigenvalue weighted by molar-refractivity contribution is -0.137. The molecule has 3 rings (SSSR count). The van der Waals surface area contributed by atoms with Gasteiger partial charge in [-0.3, -0.25) is 9.59 Å². The summed E-state index contributed by atoms with van der Waals surface area (Å²) < 4.78 is 11.0. The lowest BCUT2D eigenvalue weighted by Crippen LogP contribution is -2.45. The van der Waals surface area contributed by atoms with Gasteiger partial charge in [0.15, 0.2) is 6.61 Å². The predicted molar refractivity (Wildman–Crippen MR) is 93.2 cm³/mol. The summed E-state index contributed by atoms with van der Waals surface area (Å²) in [4.78, 5) is 26.3. The van der Waals surface area contributed by atoms with Gasteiger partial charge < -0.3 is 19.7 Å². The van der Waals surface area contributed by atoms with E-state index < -0.39 is 0 Å². The van der Waals surface area contributed by atoms with Crippen molar-refractivity contribution in [2.45, 2.75) is 31.8 Å². The highest BCUT2D eigenvalue weighted by molar-refractivity contribution is 5.80.